The largest absolute Gasteiger partial charge is 0.394 e. The van der Waals surface area contributed by atoms with E-state index in [1.807, 2.05) is 0 Å². The Bertz CT molecular complexity index is 463. The van der Waals surface area contributed by atoms with E-state index in [0.717, 1.165) is 0 Å². The van der Waals surface area contributed by atoms with Crippen molar-refractivity contribution in [2.75, 3.05) is 26.4 Å². The second-order valence-electron chi connectivity index (χ2n) is 6.63. The standard InChI is InChI=1S/C15H28O13/c16-1-5(2-17)25-15-10(24)13(12(27-15)7(21)4-19)28-14-9(23)8(22)11(26-14)6(20)3-18/h5-24H,1-4H2/t6-,7-,8-,9-,10-,11-,12-,13+,14+,15-/m0/s1. The fourth-order valence-corrected chi connectivity index (χ4v) is 3.04. The second-order valence-corrected chi connectivity index (χ2v) is 6.63. The molecule has 0 unspecified atom stereocenters. The molecule has 2 fully saturated rings. The lowest BCUT2D eigenvalue weighted by molar-refractivity contribution is -0.226. The second kappa shape index (κ2) is 10.5. The van der Waals surface area contributed by atoms with Crippen LogP contribution in [-0.2, 0) is 18.9 Å². The Balaban J connectivity index is 2.12. The molecule has 2 saturated heterocycles. The molecule has 2 aliphatic rings. The third-order valence-corrected chi connectivity index (χ3v) is 4.64. The molecule has 0 aliphatic carbocycles. The zero-order valence-corrected chi connectivity index (χ0v) is 14.8. The van der Waals surface area contributed by atoms with Gasteiger partial charge in [-0.1, -0.05) is 0 Å². The zero-order valence-electron chi connectivity index (χ0n) is 14.8. The summed E-state index contributed by atoms with van der Waals surface area (Å²) < 4.78 is 21.2. The van der Waals surface area contributed by atoms with Crippen molar-refractivity contribution in [2.24, 2.45) is 0 Å². The summed E-state index contributed by atoms with van der Waals surface area (Å²) in [5.41, 5.74) is 0. The van der Waals surface area contributed by atoms with E-state index < -0.39 is 93.9 Å². The number of hydrogen-bond donors (Lipinski definition) is 9. The molecule has 13 nitrogen and oxygen atoms in total. The van der Waals surface area contributed by atoms with E-state index >= 15 is 0 Å². The van der Waals surface area contributed by atoms with E-state index in [1.54, 1.807) is 0 Å². The molecular weight excluding hydrogens is 388 g/mol. The quantitative estimate of drug-likeness (QED) is 0.162. The first-order valence-electron chi connectivity index (χ1n) is 8.74. The first kappa shape index (κ1) is 23.8. The van der Waals surface area contributed by atoms with Gasteiger partial charge in [0, 0.05) is 0 Å². The highest BCUT2D eigenvalue weighted by molar-refractivity contribution is 4.96. The van der Waals surface area contributed by atoms with Gasteiger partial charge in [-0.25, -0.2) is 0 Å². The van der Waals surface area contributed by atoms with Crippen molar-refractivity contribution in [1.29, 1.82) is 0 Å². The van der Waals surface area contributed by atoms with Crippen LogP contribution < -0.4 is 0 Å². The SMILES string of the molecule is OCC(CO)O[C@H]1O[C@@H]([C@@H](O)CO)[C@H](O[C@H]2O[C@@H]([C@@H](O)CO)[C@@H](O)[C@@H]2O)[C@@H]1O. The maximum atomic E-state index is 10.4. The molecule has 0 aromatic rings. The average molecular weight is 416 g/mol. The summed E-state index contributed by atoms with van der Waals surface area (Å²) in [5.74, 6) is 0. The minimum Gasteiger partial charge on any atom is -0.394 e. The van der Waals surface area contributed by atoms with E-state index in [0.29, 0.717) is 0 Å². The highest BCUT2D eigenvalue weighted by atomic mass is 16.8. The lowest BCUT2D eigenvalue weighted by Gasteiger charge is -2.27. The van der Waals surface area contributed by atoms with E-state index in [-0.39, 0.29) is 0 Å². The molecule has 2 aliphatic heterocycles. The molecule has 0 bridgehead atoms. The highest BCUT2D eigenvalue weighted by Gasteiger charge is 2.53. The van der Waals surface area contributed by atoms with Gasteiger partial charge in [-0.3, -0.25) is 0 Å². The molecule has 9 N–H and O–H groups in total. The summed E-state index contributed by atoms with van der Waals surface area (Å²) in [6.45, 7) is -2.68. The van der Waals surface area contributed by atoms with Crippen molar-refractivity contribution >= 4 is 0 Å². The predicted octanol–water partition coefficient (Wildman–Crippen LogP) is -6.02. The molecule has 28 heavy (non-hydrogen) atoms. The minimum absolute atomic E-state index is 0.584. The van der Waals surface area contributed by atoms with Crippen LogP contribution in [0.1, 0.15) is 0 Å². The molecule has 0 saturated carbocycles. The smallest absolute Gasteiger partial charge is 0.187 e. The molecule has 0 aromatic carbocycles. The molecule has 0 aromatic heterocycles. The number of aliphatic hydroxyl groups is 9. The Labute approximate surface area is 159 Å². The van der Waals surface area contributed by atoms with Gasteiger partial charge in [0.15, 0.2) is 12.6 Å². The predicted molar refractivity (Wildman–Crippen MR) is 85.4 cm³/mol. The van der Waals surface area contributed by atoms with Crippen molar-refractivity contribution in [2.45, 2.75) is 67.5 Å². The Morgan fingerprint density at radius 3 is 1.75 bits per heavy atom. The van der Waals surface area contributed by atoms with Crippen LogP contribution in [0.5, 0.6) is 0 Å². The summed E-state index contributed by atoms with van der Waals surface area (Å²) in [4.78, 5) is 0. The van der Waals surface area contributed by atoms with Crippen LogP contribution in [-0.4, -0.2) is 140 Å². The highest BCUT2D eigenvalue weighted by Crippen LogP contribution is 2.32. The van der Waals surface area contributed by atoms with Crippen LogP contribution in [0, 0.1) is 0 Å². The first-order valence-corrected chi connectivity index (χ1v) is 8.74. The monoisotopic (exact) mass is 416 g/mol. The third-order valence-electron chi connectivity index (χ3n) is 4.64. The normalized spacial score (nSPS) is 40.9. The summed E-state index contributed by atoms with van der Waals surface area (Å²) in [5, 5.41) is 86.3. The maximum absolute atomic E-state index is 10.4. The third kappa shape index (κ3) is 4.96. The van der Waals surface area contributed by atoms with Crippen LogP contribution >= 0.6 is 0 Å². The van der Waals surface area contributed by atoms with Crippen molar-refractivity contribution in [3.8, 4) is 0 Å². The van der Waals surface area contributed by atoms with E-state index in [1.165, 1.54) is 0 Å². The fraction of sp³-hybridized carbons (Fsp3) is 1.00. The van der Waals surface area contributed by atoms with Gasteiger partial charge < -0.3 is 64.9 Å². The number of ether oxygens (including phenoxy) is 4. The topological polar surface area (TPSA) is 219 Å². The lowest BCUT2D eigenvalue weighted by Crippen LogP contribution is -2.47. The Morgan fingerprint density at radius 2 is 1.21 bits per heavy atom. The molecule has 10 atom stereocenters. The van der Waals surface area contributed by atoms with Crippen molar-refractivity contribution in [3.05, 3.63) is 0 Å². The van der Waals surface area contributed by atoms with E-state index in [4.69, 9.17) is 34.3 Å². The van der Waals surface area contributed by atoms with Crippen LogP contribution in [0.15, 0.2) is 0 Å². The molecule has 0 radical (unpaired) electrons. The molecule has 0 spiro atoms. The average Bonchev–Trinajstić information content (AvgIpc) is 3.16. The summed E-state index contributed by atoms with van der Waals surface area (Å²) in [7, 11) is 0. The summed E-state index contributed by atoms with van der Waals surface area (Å²) >= 11 is 0. The molecule has 13 heteroatoms. The van der Waals surface area contributed by atoms with Crippen molar-refractivity contribution in [3.63, 3.8) is 0 Å². The Morgan fingerprint density at radius 1 is 0.679 bits per heavy atom. The van der Waals surface area contributed by atoms with Crippen molar-refractivity contribution < 1.29 is 64.9 Å². The van der Waals surface area contributed by atoms with Crippen LogP contribution in [0.4, 0.5) is 0 Å². The number of aliphatic hydroxyl groups excluding tert-OH is 9. The molecule has 2 heterocycles. The Hall–Kier alpha value is -0.520. The van der Waals surface area contributed by atoms with Gasteiger partial charge in [-0.05, 0) is 0 Å². The number of hydrogen-bond acceptors (Lipinski definition) is 13. The van der Waals surface area contributed by atoms with Gasteiger partial charge in [0.05, 0.1) is 26.4 Å². The van der Waals surface area contributed by atoms with Crippen LogP contribution in [0.2, 0.25) is 0 Å². The first-order chi connectivity index (χ1) is 13.3. The molecule has 0 amide bonds. The molecular formula is C15H28O13. The molecule has 166 valence electrons. The zero-order chi connectivity index (χ0) is 21.0. The van der Waals surface area contributed by atoms with Crippen molar-refractivity contribution in [1.82, 2.24) is 0 Å². The molecule has 2 rings (SSSR count). The van der Waals surface area contributed by atoms with Gasteiger partial charge in [-0.2, -0.15) is 0 Å². The van der Waals surface area contributed by atoms with Gasteiger partial charge in [0.2, 0.25) is 0 Å². The van der Waals surface area contributed by atoms with Crippen LogP contribution in [0.3, 0.4) is 0 Å². The van der Waals surface area contributed by atoms with E-state index in [9.17, 15) is 30.6 Å². The number of rotatable bonds is 10. The summed E-state index contributed by atoms with van der Waals surface area (Å²) in [6, 6.07) is 0. The Kier molecular flexibility index (Phi) is 8.90. The maximum Gasteiger partial charge on any atom is 0.187 e. The fourth-order valence-electron chi connectivity index (χ4n) is 3.04. The van der Waals surface area contributed by atoms with E-state index in [2.05, 4.69) is 0 Å². The van der Waals surface area contributed by atoms with Gasteiger partial charge in [-0.15, -0.1) is 0 Å². The van der Waals surface area contributed by atoms with Crippen LogP contribution in [0.25, 0.3) is 0 Å². The van der Waals surface area contributed by atoms with Gasteiger partial charge >= 0.3 is 0 Å². The minimum atomic E-state index is -1.66. The summed E-state index contributed by atoms with van der Waals surface area (Å²) in [6.07, 6.45) is -16.1. The lowest BCUT2D eigenvalue weighted by atomic mass is 10.0. The van der Waals surface area contributed by atoms with Gasteiger partial charge in [0.1, 0.15) is 54.9 Å². The van der Waals surface area contributed by atoms with Gasteiger partial charge in [0.25, 0.3) is 0 Å².